The lowest BCUT2D eigenvalue weighted by Gasteiger charge is -2.09. The molecule has 1 N–H and O–H groups in total. The van der Waals surface area contributed by atoms with Gasteiger partial charge in [0.1, 0.15) is 18.3 Å². The van der Waals surface area contributed by atoms with Crippen molar-refractivity contribution in [2.24, 2.45) is 7.05 Å². The van der Waals surface area contributed by atoms with Gasteiger partial charge in [-0.15, -0.1) is 0 Å². The highest BCUT2D eigenvalue weighted by Gasteiger charge is 2.30. The lowest BCUT2D eigenvalue weighted by molar-refractivity contribution is -0.122. The van der Waals surface area contributed by atoms with Crippen molar-refractivity contribution in [3.63, 3.8) is 0 Å². The number of fused-ring (bicyclic) bond motifs is 1. The van der Waals surface area contributed by atoms with Crippen molar-refractivity contribution < 1.29 is 9.53 Å². The van der Waals surface area contributed by atoms with Crippen molar-refractivity contribution in [1.82, 2.24) is 9.88 Å². The fraction of sp³-hybridized carbons (Fsp3) is 0.267. The van der Waals surface area contributed by atoms with Gasteiger partial charge < -0.3 is 14.6 Å². The molecule has 0 bridgehead atoms. The Balaban J connectivity index is 1.69. The van der Waals surface area contributed by atoms with Gasteiger partial charge in [0.2, 0.25) is 5.91 Å². The average Bonchev–Trinajstić information content (AvgIpc) is 3.02. The third kappa shape index (κ3) is 2.58. The van der Waals surface area contributed by atoms with Crippen LogP contribution in [0.1, 0.15) is 17.0 Å². The number of benzene rings is 1. The topological polar surface area (TPSA) is 43.3 Å². The van der Waals surface area contributed by atoms with Crippen LogP contribution in [0.25, 0.3) is 0 Å². The number of rotatable bonds is 3. The molecule has 1 aliphatic rings. The fourth-order valence-electron chi connectivity index (χ4n) is 2.38. The molecule has 1 amide bonds. The Morgan fingerprint density at radius 3 is 3.10 bits per heavy atom. The second-order valence-corrected chi connectivity index (χ2v) is 5.86. The molecular formula is C15H15BrN2O2. The monoisotopic (exact) mass is 334 g/mol. The minimum absolute atomic E-state index is 0.00528. The van der Waals surface area contributed by atoms with Gasteiger partial charge >= 0.3 is 0 Å². The molecule has 1 atom stereocenters. The van der Waals surface area contributed by atoms with Crippen molar-refractivity contribution in [3.05, 3.63) is 52.3 Å². The van der Waals surface area contributed by atoms with E-state index in [9.17, 15) is 4.79 Å². The van der Waals surface area contributed by atoms with E-state index < -0.39 is 0 Å². The van der Waals surface area contributed by atoms with Crippen molar-refractivity contribution in [2.45, 2.75) is 12.5 Å². The maximum absolute atomic E-state index is 12.3. The number of ether oxygens (including phenoxy) is 1. The first kappa shape index (κ1) is 13.2. The Kier molecular flexibility index (Phi) is 3.53. The molecule has 2 aromatic rings. The van der Waals surface area contributed by atoms with E-state index in [1.165, 1.54) is 0 Å². The normalized spacial score (nSPS) is 16.6. The van der Waals surface area contributed by atoms with Gasteiger partial charge in [-0.2, -0.15) is 0 Å². The van der Waals surface area contributed by atoms with Crippen LogP contribution in [0, 0.1) is 0 Å². The molecule has 1 aromatic carbocycles. The highest BCUT2D eigenvalue weighted by atomic mass is 79.9. The maximum atomic E-state index is 12.3. The van der Waals surface area contributed by atoms with Crippen molar-refractivity contribution in [1.29, 1.82) is 0 Å². The summed E-state index contributed by atoms with van der Waals surface area (Å²) < 4.78 is 8.48. The van der Waals surface area contributed by atoms with Gasteiger partial charge in [-0.1, -0.05) is 15.9 Å². The summed E-state index contributed by atoms with van der Waals surface area (Å²) in [4.78, 5) is 12.3. The van der Waals surface area contributed by atoms with E-state index in [0.717, 1.165) is 21.3 Å². The Labute approximate surface area is 125 Å². The second kappa shape index (κ2) is 5.32. The number of hydrogen-bond donors (Lipinski definition) is 1. The summed E-state index contributed by atoms with van der Waals surface area (Å²) in [6.45, 7) is 0.950. The first-order valence-corrected chi connectivity index (χ1v) is 7.23. The number of nitrogens with one attached hydrogen (secondary N) is 1. The van der Waals surface area contributed by atoms with E-state index in [1.807, 2.05) is 48.3 Å². The van der Waals surface area contributed by atoms with Crippen LogP contribution in [0.15, 0.2) is 41.1 Å². The highest BCUT2D eigenvalue weighted by molar-refractivity contribution is 9.10. The number of carbonyl (C=O) groups is 1. The van der Waals surface area contributed by atoms with Crippen LogP contribution in [0.2, 0.25) is 0 Å². The molecule has 5 heteroatoms. The zero-order chi connectivity index (χ0) is 14.1. The molecule has 104 valence electrons. The standard InChI is InChI=1S/C15H15BrN2O2/c1-18-5-4-10(8-18)7-17-15(19)13-9-20-14-3-2-11(16)6-12(13)14/h2-6,8,13H,7,9H2,1H3,(H,17,19)/t13-/m0/s1. The van der Waals surface area contributed by atoms with Crippen molar-refractivity contribution in [2.75, 3.05) is 6.61 Å². The van der Waals surface area contributed by atoms with Crippen molar-refractivity contribution in [3.8, 4) is 5.75 Å². The molecule has 2 heterocycles. The van der Waals surface area contributed by atoms with Crippen LogP contribution in [-0.2, 0) is 18.4 Å². The predicted molar refractivity (Wildman–Crippen MR) is 79.6 cm³/mol. The van der Waals surface area contributed by atoms with E-state index in [0.29, 0.717) is 13.2 Å². The van der Waals surface area contributed by atoms with Gasteiger partial charge in [0.05, 0.1) is 0 Å². The van der Waals surface area contributed by atoms with E-state index in [-0.39, 0.29) is 11.8 Å². The summed E-state index contributed by atoms with van der Waals surface area (Å²) in [5.74, 6) is 0.574. The second-order valence-electron chi connectivity index (χ2n) is 4.95. The molecule has 1 aromatic heterocycles. The molecule has 3 rings (SSSR count). The summed E-state index contributed by atoms with van der Waals surface area (Å²) in [5.41, 5.74) is 2.04. The fourth-order valence-corrected chi connectivity index (χ4v) is 2.76. The smallest absolute Gasteiger partial charge is 0.231 e. The third-order valence-corrected chi connectivity index (χ3v) is 3.92. The number of amides is 1. The SMILES string of the molecule is Cn1ccc(CNC(=O)[C@H]2COc3ccc(Br)cc32)c1. The van der Waals surface area contributed by atoms with Crippen LogP contribution in [-0.4, -0.2) is 17.1 Å². The largest absolute Gasteiger partial charge is 0.492 e. The molecule has 0 saturated heterocycles. The molecule has 0 radical (unpaired) electrons. The molecule has 0 fully saturated rings. The van der Waals surface area contributed by atoms with Crippen LogP contribution in [0.3, 0.4) is 0 Å². The molecule has 20 heavy (non-hydrogen) atoms. The molecular weight excluding hydrogens is 320 g/mol. The van der Waals surface area contributed by atoms with Gasteiger partial charge in [-0.25, -0.2) is 0 Å². The number of aromatic nitrogens is 1. The average molecular weight is 335 g/mol. The number of halogens is 1. The zero-order valence-corrected chi connectivity index (χ0v) is 12.7. The summed E-state index contributed by atoms with van der Waals surface area (Å²) in [6.07, 6.45) is 3.96. The van der Waals surface area contributed by atoms with E-state index in [4.69, 9.17) is 4.74 Å². The number of nitrogens with zero attached hydrogens (tertiary/aromatic N) is 1. The van der Waals surface area contributed by atoms with E-state index in [1.54, 1.807) is 0 Å². The Bertz CT molecular complexity index is 651. The molecule has 0 spiro atoms. The molecule has 0 unspecified atom stereocenters. The van der Waals surface area contributed by atoms with Crippen LogP contribution < -0.4 is 10.1 Å². The number of hydrogen-bond acceptors (Lipinski definition) is 2. The van der Waals surface area contributed by atoms with Crippen LogP contribution in [0.4, 0.5) is 0 Å². The van der Waals surface area contributed by atoms with Gasteiger partial charge in [0.25, 0.3) is 0 Å². The molecule has 4 nitrogen and oxygen atoms in total. The number of aryl methyl sites for hydroxylation is 1. The number of carbonyl (C=O) groups excluding carboxylic acids is 1. The Morgan fingerprint density at radius 2 is 2.35 bits per heavy atom. The highest BCUT2D eigenvalue weighted by Crippen LogP contribution is 2.35. The Morgan fingerprint density at radius 1 is 1.50 bits per heavy atom. The van der Waals surface area contributed by atoms with Crippen LogP contribution >= 0.6 is 15.9 Å². The summed E-state index contributed by atoms with van der Waals surface area (Å²) in [6, 6.07) is 7.76. The lowest BCUT2D eigenvalue weighted by atomic mass is 10.0. The quantitative estimate of drug-likeness (QED) is 0.937. The first-order valence-electron chi connectivity index (χ1n) is 6.44. The van der Waals surface area contributed by atoms with Gasteiger partial charge in [-0.05, 0) is 29.8 Å². The lowest BCUT2D eigenvalue weighted by Crippen LogP contribution is -2.29. The molecule has 0 aliphatic carbocycles. The summed E-state index contributed by atoms with van der Waals surface area (Å²) in [5, 5.41) is 2.97. The predicted octanol–water partition coefficient (Wildman–Crippen LogP) is 2.58. The van der Waals surface area contributed by atoms with Gasteiger partial charge in [0, 0.05) is 36.0 Å². The van der Waals surface area contributed by atoms with E-state index >= 15 is 0 Å². The van der Waals surface area contributed by atoms with Crippen LogP contribution in [0.5, 0.6) is 5.75 Å². The zero-order valence-electron chi connectivity index (χ0n) is 11.1. The van der Waals surface area contributed by atoms with Gasteiger partial charge in [-0.3, -0.25) is 4.79 Å². The third-order valence-electron chi connectivity index (χ3n) is 3.43. The molecule has 1 aliphatic heterocycles. The van der Waals surface area contributed by atoms with Gasteiger partial charge in [0.15, 0.2) is 0 Å². The first-order chi connectivity index (χ1) is 9.63. The Hall–Kier alpha value is -1.75. The minimum atomic E-state index is -0.230. The summed E-state index contributed by atoms with van der Waals surface area (Å²) >= 11 is 3.43. The minimum Gasteiger partial charge on any atom is -0.492 e. The summed E-state index contributed by atoms with van der Waals surface area (Å²) in [7, 11) is 1.96. The molecule has 0 saturated carbocycles. The van der Waals surface area contributed by atoms with E-state index in [2.05, 4.69) is 21.2 Å². The van der Waals surface area contributed by atoms with Crippen molar-refractivity contribution >= 4 is 21.8 Å². The maximum Gasteiger partial charge on any atom is 0.231 e.